The zero-order valence-corrected chi connectivity index (χ0v) is 18.6. The van der Waals surface area contributed by atoms with Crippen LogP contribution in [0.3, 0.4) is 0 Å². The van der Waals surface area contributed by atoms with Gasteiger partial charge in [-0.05, 0) is 36.6 Å². The Kier molecular flexibility index (Phi) is 6.63. The number of nitrogens with one attached hydrogen (secondary N) is 1. The molecule has 0 radical (unpaired) electrons. The van der Waals surface area contributed by atoms with Crippen molar-refractivity contribution in [1.82, 2.24) is 9.97 Å². The van der Waals surface area contributed by atoms with Crippen molar-refractivity contribution in [1.29, 1.82) is 0 Å². The van der Waals surface area contributed by atoms with Crippen LogP contribution in [-0.4, -0.2) is 28.5 Å². The largest absolute Gasteiger partial charge is 0.489 e. The summed E-state index contributed by atoms with van der Waals surface area (Å²) in [6, 6.07) is 12.2. The van der Waals surface area contributed by atoms with Gasteiger partial charge in [0.25, 0.3) is 5.91 Å². The van der Waals surface area contributed by atoms with Crippen molar-refractivity contribution < 1.29 is 19.1 Å². The first-order chi connectivity index (χ1) is 15.6. The molecule has 1 amide bonds. The lowest BCUT2D eigenvalue weighted by Gasteiger charge is -2.09. The third kappa shape index (κ3) is 4.71. The van der Waals surface area contributed by atoms with Gasteiger partial charge in [0.2, 0.25) is 0 Å². The van der Waals surface area contributed by atoms with E-state index in [1.54, 1.807) is 55.6 Å². The Balaban J connectivity index is 1.50. The SMILES string of the molecule is CCOC(=O)c1cnc(Cl)c2c(COc3cccc(NC(=O)c4ccccn4)c3)csc12. The van der Waals surface area contributed by atoms with E-state index in [1.165, 1.54) is 17.5 Å². The first-order valence-corrected chi connectivity index (χ1v) is 11.0. The Morgan fingerprint density at radius 3 is 2.81 bits per heavy atom. The molecule has 1 aromatic carbocycles. The van der Waals surface area contributed by atoms with Gasteiger partial charge in [0.15, 0.2) is 0 Å². The second-order valence-corrected chi connectivity index (χ2v) is 7.87. The van der Waals surface area contributed by atoms with E-state index in [0.29, 0.717) is 37.9 Å². The molecule has 4 rings (SSSR count). The van der Waals surface area contributed by atoms with Crippen molar-refractivity contribution in [2.75, 3.05) is 11.9 Å². The number of nitrogens with zero attached hydrogens (tertiary/aromatic N) is 2. The van der Waals surface area contributed by atoms with Crippen LogP contribution in [0, 0.1) is 0 Å². The normalized spacial score (nSPS) is 10.7. The topological polar surface area (TPSA) is 90.4 Å². The molecular weight excluding hydrogens is 450 g/mol. The van der Waals surface area contributed by atoms with E-state index in [1.807, 2.05) is 5.38 Å². The summed E-state index contributed by atoms with van der Waals surface area (Å²) in [5, 5.41) is 5.65. The number of hydrogen-bond donors (Lipinski definition) is 1. The number of amides is 1. The molecular formula is C23H18ClN3O4S. The second-order valence-electron chi connectivity index (χ2n) is 6.63. The van der Waals surface area contributed by atoms with E-state index in [4.69, 9.17) is 21.1 Å². The van der Waals surface area contributed by atoms with Crippen molar-refractivity contribution >= 4 is 50.6 Å². The summed E-state index contributed by atoms with van der Waals surface area (Å²) in [5.41, 5.74) is 2.08. The predicted molar refractivity (Wildman–Crippen MR) is 124 cm³/mol. The molecule has 0 saturated carbocycles. The Morgan fingerprint density at radius 2 is 2.03 bits per heavy atom. The molecule has 3 aromatic heterocycles. The molecule has 0 unspecified atom stereocenters. The number of ether oxygens (including phenoxy) is 2. The van der Waals surface area contributed by atoms with Gasteiger partial charge in [-0.25, -0.2) is 9.78 Å². The van der Waals surface area contributed by atoms with Crippen molar-refractivity contribution in [3.8, 4) is 5.75 Å². The van der Waals surface area contributed by atoms with Gasteiger partial charge in [-0.2, -0.15) is 0 Å². The molecule has 0 fully saturated rings. The molecule has 1 N–H and O–H groups in total. The zero-order valence-electron chi connectivity index (χ0n) is 17.0. The number of rotatable bonds is 7. The molecule has 4 aromatic rings. The Morgan fingerprint density at radius 1 is 1.16 bits per heavy atom. The maximum absolute atomic E-state index is 12.3. The first kappa shape index (κ1) is 21.7. The molecule has 162 valence electrons. The highest BCUT2D eigenvalue weighted by Gasteiger charge is 2.19. The highest BCUT2D eigenvalue weighted by Crippen LogP contribution is 2.34. The lowest BCUT2D eigenvalue weighted by molar-refractivity contribution is 0.0528. The van der Waals surface area contributed by atoms with Crippen molar-refractivity contribution in [2.24, 2.45) is 0 Å². The summed E-state index contributed by atoms with van der Waals surface area (Å²) >= 11 is 7.70. The lowest BCUT2D eigenvalue weighted by atomic mass is 10.2. The van der Waals surface area contributed by atoms with Crippen LogP contribution in [0.1, 0.15) is 33.3 Å². The molecule has 0 saturated heterocycles. The molecule has 0 atom stereocenters. The third-order valence-corrected chi connectivity index (χ3v) is 5.85. The second kappa shape index (κ2) is 9.76. The van der Waals surface area contributed by atoms with Gasteiger partial charge in [0.1, 0.15) is 23.2 Å². The number of thiophene rings is 1. The summed E-state index contributed by atoms with van der Waals surface area (Å²) in [7, 11) is 0. The Hall–Kier alpha value is -3.49. The first-order valence-electron chi connectivity index (χ1n) is 9.73. The Bertz CT molecular complexity index is 1280. The fourth-order valence-electron chi connectivity index (χ4n) is 3.04. The third-order valence-electron chi connectivity index (χ3n) is 4.50. The average Bonchev–Trinajstić information content (AvgIpc) is 3.24. The van der Waals surface area contributed by atoms with Gasteiger partial charge < -0.3 is 14.8 Å². The summed E-state index contributed by atoms with van der Waals surface area (Å²) in [6.45, 7) is 2.24. The van der Waals surface area contributed by atoms with Crippen LogP contribution in [0.25, 0.3) is 10.1 Å². The number of fused-ring (bicyclic) bond motifs is 1. The maximum atomic E-state index is 12.3. The van der Waals surface area contributed by atoms with Crippen molar-refractivity contribution in [2.45, 2.75) is 13.5 Å². The average molecular weight is 468 g/mol. The summed E-state index contributed by atoms with van der Waals surface area (Å²) in [4.78, 5) is 32.7. The van der Waals surface area contributed by atoms with E-state index in [9.17, 15) is 9.59 Å². The van der Waals surface area contributed by atoms with Crippen LogP contribution in [-0.2, 0) is 11.3 Å². The van der Waals surface area contributed by atoms with E-state index >= 15 is 0 Å². The molecule has 9 heteroatoms. The van der Waals surface area contributed by atoms with Gasteiger partial charge in [-0.1, -0.05) is 23.7 Å². The molecule has 3 heterocycles. The fourth-order valence-corrected chi connectivity index (χ4v) is 4.42. The summed E-state index contributed by atoms with van der Waals surface area (Å²) in [6.07, 6.45) is 2.99. The van der Waals surface area contributed by atoms with Gasteiger partial charge in [0, 0.05) is 35.1 Å². The van der Waals surface area contributed by atoms with Crippen LogP contribution in [0.4, 0.5) is 5.69 Å². The number of hydrogen-bond acceptors (Lipinski definition) is 7. The van der Waals surface area contributed by atoms with Crippen LogP contribution in [0.2, 0.25) is 5.15 Å². The molecule has 0 aliphatic heterocycles. The van der Waals surface area contributed by atoms with Gasteiger partial charge in [-0.3, -0.25) is 9.78 Å². The number of pyridine rings is 2. The molecule has 32 heavy (non-hydrogen) atoms. The molecule has 7 nitrogen and oxygen atoms in total. The van der Waals surface area contributed by atoms with E-state index in [0.717, 1.165) is 5.56 Å². The molecule has 0 aliphatic carbocycles. The van der Waals surface area contributed by atoms with E-state index < -0.39 is 5.97 Å². The van der Waals surface area contributed by atoms with Crippen LogP contribution >= 0.6 is 22.9 Å². The minimum Gasteiger partial charge on any atom is -0.489 e. The van der Waals surface area contributed by atoms with Crippen LogP contribution in [0.15, 0.2) is 60.2 Å². The van der Waals surface area contributed by atoms with E-state index in [2.05, 4.69) is 15.3 Å². The highest BCUT2D eigenvalue weighted by molar-refractivity contribution is 7.17. The zero-order chi connectivity index (χ0) is 22.5. The van der Waals surface area contributed by atoms with Crippen LogP contribution < -0.4 is 10.1 Å². The standard InChI is InChI=1S/C23H18ClN3O4S/c1-2-30-23(29)17-11-26-21(24)19-14(13-32-20(17)19)12-31-16-7-5-6-15(10-16)27-22(28)18-8-3-4-9-25-18/h3-11,13H,2,12H2,1H3,(H,27,28). The fraction of sp³-hybridized carbons (Fsp3) is 0.130. The smallest absolute Gasteiger partial charge is 0.341 e. The monoisotopic (exact) mass is 467 g/mol. The quantitative estimate of drug-likeness (QED) is 0.291. The number of anilines is 1. The van der Waals surface area contributed by atoms with Gasteiger partial charge in [0.05, 0.1) is 16.9 Å². The maximum Gasteiger partial charge on any atom is 0.341 e. The number of benzene rings is 1. The van der Waals surface area contributed by atoms with Crippen LogP contribution in [0.5, 0.6) is 5.75 Å². The minimum atomic E-state index is -0.438. The summed E-state index contributed by atoms with van der Waals surface area (Å²) in [5.74, 6) is -0.183. The van der Waals surface area contributed by atoms with Gasteiger partial charge >= 0.3 is 5.97 Å². The van der Waals surface area contributed by atoms with Gasteiger partial charge in [-0.15, -0.1) is 11.3 Å². The molecule has 0 aliphatic rings. The molecule has 0 bridgehead atoms. The molecule has 0 spiro atoms. The highest BCUT2D eigenvalue weighted by atomic mass is 35.5. The number of carbonyl (C=O) groups excluding carboxylic acids is 2. The minimum absolute atomic E-state index is 0.214. The lowest BCUT2D eigenvalue weighted by Crippen LogP contribution is -2.13. The summed E-state index contributed by atoms with van der Waals surface area (Å²) < 4.78 is 11.7. The van der Waals surface area contributed by atoms with E-state index in [-0.39, 0.29) is 19.1 Å². The Labute approximate surface area is 193 Å². The number of esters is 1. The number of aromatic nitrogens is 2. The van der Waals surface area contributed by atoms with Crippen molar-refractivity contribution in [3.63, 3.8) is 0 Å². The predicted octanol–water partition coefficient (Wildman–Crippen LogP) is 5.35. The van der Waals surface area contributed by atoms with Crippen molar-refractivity contribution in [3.05, 3.63) is 82.2 Å². The number of carbonyl (C=O) groups is 2. The number of halogens is 1.